The number of methoxy groups -OCH3 is 1. The fourth-order valence-electron chi connectivity index (χ4n) is 4.41. The Morgan fingerprint density at radius 1 is 1.22 bits per heavy atom. The van der Waals surface area contributed by atoms with Gasteiger partial charge >= 0.3 is 0 Å². The third-order valence-electron chi connectivity index (χ3n) is 6.07. The summed E-state index contributed by atoms with van der Waals surface area (Å²) in [4.78, 5) is 47.4. The number of pyridine rings is 1. The van der Waals surface area contributed by atoms with Crippen molar-refractivity contribution in [3.63, 3.8) is 0 Å². The van der Waals surface area contributed by atoms with Crippen molar-refractivity contribution in [3.05, 3.63) is 65.5 Å². The van der Waals surface area contributed by atoms with Gasteiger partial charge in [-0.1, -0.05) is 30.3 Å². The van der Waals surface area contributed by atoms with E-state index >= 15 is 0 Å². The Balaban J connectivity index is 1.99. The van der Waals surface area contributed by atoms with E-state index in [4.69, 9.17) is 4.74 Å². The Hall–Kier alpha value is -3.06. The molecule has 0 aliphatic carbocycles. The number of imide groups is 1. The van der Waals surface area contributed by atoms with Crippen LogP contribution >= 0.6 is 0 Å². The number of benzene rings is 1. The number of nitrogens with zero attached hydrogens (tertiary/aromatic N) is 3. The standard InChI is InChI=1S/C25H31N3O4/c1-18(2)27(12-13-32-4)22(29)14-25(21-10-6-5-8-19(21)3)15-23(30)28(24(25)31)17-20-9-7-11-26-16-20/h5-11,16,18H,12-15,17H2,1-4H3/t25-/m1/s1. The van der Waals surface area contributed by atoms with Crippen LogP contribution in [-0.4, -0.2) is 58.8 Å². The van der Waals surface area contributed by atoms with Crippen molar-refractivity contribution in [3.8, 4) is 0 Å². The summed E-state index contributed by atoms with van der Waals surface area (Å²) in [7, 11) is 1.59. The first-order chi connectivity index (χ1) is 15.3. The SMILES string of the molecule is COCCN(C(=O)C[C@]1(c2ccccc2C)CC(=O)N(Cc2cccnc2)C1=O)C(C)C. The van der Waals surface area contributed by atoms with Crippen molar-refractivity contribution in [1.82, 2.24) is 14.8 Å². The smallest absolute Gasteiger partial charge is 0.241 e. The van der Waals surface area contributed by atoms with E-state index in [9.17, 15) is 14.4 Å². The number of aromatic nitrogens is 1. The van der Waals surface area contributed by atoms with Crippen molar-refractivity contribution in [2.45, 2.75) is 51.6 Å². The van der Waals surface area contributed by atoms with Gasteiger partial charge in [0.15, 0.2) is 0 Å². The molecule has 7 nitrogen and oxygen atoms in total. The Kier molecular flexibility index (Phi) is 7.40. The van der Waals surface area contributed by atoms with Gasteiger partial charge in [-0.25, -0.2) is 0 Å². The summed E-state index contributed by atoms with van der Waals surface area (Å²) in [6.07, 6.45) is 3.20. The molecule has 1 aliphatic heterocycles. The summed E-state index contributed by atoms with van der Waals surface area (Å²) in [5.74, 6) is -0.767. The first-order valence-electron chi connectivity index (χ1n) is 10.9. The normalized spacial score (nSPS) is 18.5. The molecule has 2 heterocycles. The van der Waals surface area contributed by atoms with E-state index in [1.54, 1.807) is 30.5 Å². The van der Waals surface area contributed by atoms with Gasteiger partial charge in [-0.05, 0) is 43.5 Å². The number of hydrogen-bond donors (Lipinski definition) is 0. The average molecular weight is 438 g/mol. The van der Waals surface area contributed by atoms with Crippen molar-refractivity contribution in [1.29, 1.82) is 0 Å². The first-order valence-corrected chi connectivity index (χ1v) is 10.9. The van der Waals surface area contributed by atoms with Gasteiger partial charge in [0.2, 0.25) is 17.7 Å². The minimum absolute atomic E-state index is 0.0289. The van der Waals surface area contributed by atoms with E-state index < -0.39 is 5.41 Å². The molecule has 0 N–H and O–H groups in total. The third kappa shape index (κ3) is 4.72. The minimum Gasteiger partial charge on any atom is -0.383 e. The molecule has 0 unspecified atom stereocenters. The molecule has 1 atom stereocenters. The molecule has 0 bridgehead atoms. The van der Waals surface area contributed by atoms with E-state index in [0.717, 1.165) is 16.7 Å². The van der Waals surface area contributed by atoms with Crippen LogP contribution in [-0.2, 0) is 31.1 Å². The Bertz CT molecular complexity index is 976. The van der Waals surface area contributed by atoms with Gasteiger partial charge in [0.05, 0.1) is 18.6 Å². The molecule has 2 aromatic rings. The average Bonchev–Trinajstić information content (AvgIpc) is 2.99. The lowest BCUT2D eigenvalue weighted by Crippen LogP contribution is -2.46. The van der Waals surface area contributed by atoms with Gasteiger partial charge < -0.3 is 9.64 Å². The van der Waals surface area contributed by atoms with E-state index in [-0.39, 0.29) is 43.1 Å². The molecule has 1 saturated heterocycles. The van der Waals surface area contributed by atoms with Crippen molar-refractivity contribution in [2.75, 3.05) is 20.3 Å². The molecule has 0 spiro atoms. The number of carbonyl (C=O) groups excluding carboxylic acids is 3. The molecule has 1 aromatic heterocycles. The summed E-state index contributed by atoms with van der Waals surface area (Å²) < 4.78 is 5.16. The molecule has 3 rings (SSSR count). The molecular formula is C25H31N3O4. The number of aryl methyl sites for hydroxylation is 1. The third-order valence-corrected chi connectivity index (χ3v) is 6.07. The number of amides is 3. The lowest BCUT2D eigenvalue weighted by atomic mass is 9.73. The van der Waals surface area contributed by atoms with E-state index in [0.29, 0.717) is 13.2 Å². The summed E-state index contributed by atoms with van der Waals surface area (Å²) in [6, 6.07) is 11.1. The molecule has 3 amide bonds. The second-order valence-corrected chi connectivity index (χ2v) is 8.57. The zero-order valence-electron chi connectivity index (χ0n) is 19.2. The molecule has 170 valence electrons. The summed E-state index contributed by atoms with van der Waals surface area (Å²) >= 11 is 0. The zero-order chi connectivity index (χ0) is 23.3. The van der Waals surface area contributed by atoms with Crippen LogP contribution < -0.4 is 0 Å². The fourth-order valence-corrected chi connectivity index (χ4v) is 4.41. The van der Waals surface area contributed by atoms with Gasteiger partial charge in [0.25, 0.3) is 0 Å². The van der Waals surface area contributed by atoms with Crippen LogP contribution in [0.4, 0.5) is 0 Å². The van der Waals surface area contributed by atoms with Gasteiger partial charge in [-0.3, -0.25) is 24.3 Å². The number of hydrogen-bond acceptors (Lipinski definition) is 5. The second kappa shape index (κ2) is 10.0. The van der Waals surface area contributed by atoms with Crippen LogP contribution in [0, 0.1) is 6.92 Å². The van der Waals surface area contributed by atoms with Crippen molar-refractivity contribution < 1.29 is 19.1 Å². The predicted molar refractivity (Wildman–Crippen MR) is 121 cm³/mol. The van der Waals surface area contributed by atoms with Crippen LogP contribution in [0.5, 0.6) is 0 Å². The van der Waals surface area contributed by atoms with Gasteiger partial charge in [0.1, 0.15) is 0 Å². The minimum atomic E-state index is -1.22. The van der Waals surface area contributed by atoms with Crippen molar-refractivity contribution in [2.24, 2.45) is 0 Å². The number of carbonyl (C=O) groups is 3. The number of ether oxygens (including phenoxy) is 1. The Labute approximate surface area is 189 Å². The van der Waals surface area contributed by atoms with Gasteiger partial charge in [-0.15, -0.1) is 0 Å². The van der Waals surface area contributed by atoms with Gasteiger partial charge in [0, 0.05) is 44.9 Å². The van der Waals surface area contributed by atoms with Crippen LogP contribution in [0.15, 0.2) is 48.8 Å². The van der Waals surface area contributed by atoms with Crippen LogP contribution in [0.2, 0.25) is 0 Å². The predicted octanol–water partition coefficient (Wildman–Crippen LogP) is 2.86. The van der Waals surface area contributed by atoms with Gasteiger partial charge in [-0.2, -0.15) is 0 Å². The molecule has 1 aromatic carbocycles. The number of likely N-dealkylation sites (tertiary alicyclic amines) is 1. The maximum Gasteiger partial charge on any atom is 0.241 e. The quantitative estimate of drug-likeness (QED) is 0.564. The zero-order valence-corrected chi connectivity index (χ0v) is 19.2. The van der Waals surface area contributed by atoms with E-state index in [2.05, 4.69) is 4.98 Å². The number of rotatable bonds is 9. The lowest BCUT2D eigenvalue weighted by molar-refractivity contribution is -0.144. The van der Waals surface area contributed by atoms with Crippen LogP contribution in [0.1, 0.15) is 43.4 Å². The van der Waals surface area contributed by atoms with Crippen LogP contribution in [0.3, 0.4) is 0 Å². The largest absolute Gasteiger partial charge is 0.383 e. The summed E-state index contributed by atoms with van der Waals surface area (Å²) in [6.45, 7) is 6.76. The van der Waals surface area contributed by atoms with E-state index in [1.165, 1.54) is 4.90 Å². The maximum absolute atomic E-state index is 13.8. The monoisotopic (exact) mass is 437 g/mol. The molecular weight excluding hydrogens is 406 g/mol. The Morgan fingerprint density at radius 3 is 2.59 bits per heavy atom. The highest BCUT2D eigenvalue weighted by Gasteiger charge is 2.54. The molecule has 0 radical (unpaired) electrons. The summed E-state index contributed by atoms with van der Waals surface area (Å²) in [5, 5.41) is 0. The highest BCUT2D eigenvalue weighted by Crippen LogP contribution is 2.42. The fraction of sp³-hybridized carbons (Fsp3) is 0.440. The second-order valence-electron chi connectivity index (χ2n) is 8.57. The van der Waals surface area contributed by atoms with Crippen molar-refractivity contribution >= 4 is 17.7 Å². The highest BCUT2D eigenvalue weighted by molar-refractivity contribution is 6.10. The molecule has 1 fully saturated rings. The Morgan fingerprint density at radius 2 is 1.97 bits per heavy atom. The molecule has 0 saturated carbocycles. The van der Waals surface area contributed by atoms with Crippen LogP contribution in [0.25, 0.3) is 0 Å². The maximum atomic E-state index is 13.8. The molecule has 1 aliphatic rings. The first kappa shape index (κ1) is 23.6. The summed E-state index contributed by atoms with van der Waals surface area (Å²) in [5.41, 5.74) is 1.17. The lowest BCUT2D eigenvalue weighted by Gasteiger charge is -2.33. The topological polar surface area (TPSA) is 79.8 Å². The van der Waals surface area contributed by atoms with E-state index in [1.807, 2.05) is 51.1 Å². The molecule has 7 heteroatoms. The highest BCUT2D eigenvalue weighted by atomic mass is 16.5. The molecule has 32 heavy (non-hydrogen) atoms.